The van der Waals surface area contributed by atoms with Gasteiger partial charge < -0.3 is 15.1 Å². The van der Waals surface area contributed by atoms with E-state index in [-0.39, 0.29) is 30.0 Å². The molecule has 2 heterocycles. The van der Waals surface area contributed by atoms with Gasteiger partial charge in [-0.1, -0.05) is 25.1 Å². The van der Waals surface area contributed by atoms with Gasteiger partial charge in [0, 0.05) is 36.5 Å². The molecule has 0 aliphatic rings. The van der Waals surface area contributed by atoms with Crippen molar-refractivity contribution in [1.29, 1.82) is 0 Å². The molecule has 0 saturated carbocycles. The molecule has 0 aliphatic carbocycles. The summed E-state index contributed by atoms with van der Waals surface area (Å²) in [6.07, 6.45) is 3.91. The number of nitrogens with zero attached hydrogens (tertiary/aromatic N) is 2. The normalized spacial score (nSPS) is 12.7. The third-order valence-corrected chi connectivity index (χ3v) is 5.23. The van der Waals surface area contributed by atoms with Crippen molar-refractivity contribution in [2.75, 3.05) is 13.6 Å². The van der Waals surface area contributed by atoms with Crippen LogP contribution in [-0.2, 0) is 12.8 Å². The average molecular weight is 484 g/mol. The highest BCUT2D eigenvalue weighted by molar-refractivity contribution is 14.0. The van der Waals surface area contributed by atoms with Gasteiger partial charge in [-0.3, -0.25) is 4.99 Å². The van der Waals surface area contributed by atoms with Crippen LogP contribution in [0.15, 0.2) is 45.9 Å². The number of para-hydroxylation sites is 1. The summed E-state index contributed by atoms with van der Waals surface area (Å²) in [4.78, 5) is 10.1. The minimum Gasteiger partial charge on any atom is -0.459 e. The lowest BCUT2D eigenvalue weighted by molar-refractivity contribution is 0.488. The largest absolute Gasteiger partial charge is 0.459 e. The van der Waals surface area contributed by atoms with Crippen LogP contribution < -0.4 is 10.6 Å². The molecule has 0 radical (unpaired) electrons. The highest BCUT2D eigenvalue weighted by atomic mass is 127. The van der Waals surface area contributed by atoms with Gasteiger partial charge in [-0.15, -0.1) is 35.3 Å². The van der Waals surface area contributed by atoms with Gasteiger partial charge in [0.25, 0.3) is 0 Å². The maximum atomic E-state index is 5.91. The maximum absolute atomic E-state index is 5.91. The number of aliphatic imine (C=N–C) groups is 1. The first-order chi connectivity index (χ1) is 12.2. The Balaban J connectivity index is 0.00000243. The van der Waals surface area contributed by atoms with Crippen molar-refractivity contribution < 1.29 is 4.42 Å². The quantitative estimate of drug-likeness (QED) is 0.307. The fraction of sp³-hybridized carbons (Fsp3) is 0.368. The van der Waals surface area contributed by atoms with E-state index in [1.165, 1.54) is 4.88 Å². The predicted octanol–water partition coefficient (Wildman–Crippen LogP) is 4.54. The number of fused-ring (bicyclic) bond motifs is 1. The van der Waals surface area contributed by atoms with Crippen LogP contribution in [0.2, 0.25) is 0 Å². The molecule has 1 aromatic carbocycles. The third-order valence-electron chi connectivity index (χ3n) is 4.03. The molecule has 0 amide bonds. The molecular formula is C19H25IN4OS. The Kier molecular flexibility index (Phi) is 7.89. The van der Waals surface area contributed by atoms with E-state index < -0.39 is 0 Å². The summed E-state index contributed by atoms with van der Waals surface area (Å²) in [5, 5.41) is 8.99. The number of guanidine groups is 1. The Morgan fingerprint density at radius 1 is 1.35 bits per heavy atom. The molecule has 0 aliphatic heterocycles. The smallest absolute Gasteiger partial charge is 0.191 e. The number of furan rings is 1. The van der Waals surface area contributed by atoms with Crippen LogP contribution in [0, 0.1) is 0 Å². The first-order valence-corrected chi connectivity index (χ1v) is 9.40. The first kappa shape index (κ1) is 20.7. The Labute approximate surface area is 175 Å². The predicted molar refractivity (Wildman–Crippen MR) is 120 cm³/mol. The standard InChI is InChI=1S/C19H24N4OS.HI/c1-4-15-12-22-18(25-15)9-10-21-19(20-3)23-13(2)17-11-14-7-5-6-8-16(14)24-17;/h5-8,11-13H,4,9-10H2,1-3H3,(H2,20,21,23);1H. The second kappa shape index (κ2) is 9.91. The van der Waals surface area contributed by atoms with Gasteiger partial charge in [-0.25, -0.2) is 4.98 Å². The van der Waals surface area contributed by atoms with Crippen molar-refractivity contribution in [3.05, 3.63) is 52.2 Å². The topological polar surface area (TPSA) is 62.5 Å². The molecule has 3 rings (SSSR count). The molecule has 0 spiro atoms. The summed E-state index contributed by atoms with van der Waals surface area (Å²) in [7, 11) is 1.78. The van der Waals surface area contributed by atoms with Gasteiger partial charge in [-0.2, -0.15) is 0 Å². The minimum atomic E-state index is 0. The van der Waals surface area contributed by atoms with Crippen molar-refractivity contribution in [2.45, 2.75) is 32.7 Å². The van der Waals surface area contributed by atoms with Gasteiger partial charge in [0.15, 0.2) is 5.96 Å². The van der Waals surface area contributed by atoms with Crippen LogP contribution in [0.4, 0.5) is 0 Å². The summed E-state index contributed by atoms with van der Waals surface area (Å²) in [5.74, 6) is 1.66. The zero-order valence-electron chi connectivity index (χ0n) is 15.3. The van der Waals surface area contributed by atoms with E-state index in [9.17, 15) is 0 Å². The van der Waals surface area contributed by atoms with Crippen LogP contribution in [0.25, 0.3) is 11.0 Å². The molecule has 5 nitrogen and oxygen atoms in total. The van der Waals surface area contributed by atoms with Gasteiger partial charge >= 0.3 is 0 Å². The number of thiazole rings is 1. The lowest BCUT2D eigenvalue weighted by Gasteiger charge is -2.16. The van der Waals surface area contributed by atoms with Crippen LogP contribution in [0.3, 0.4) is 0 Å². The molecule has 1 atom stereocenters. The van der Waals surface area contributed by atoms with E-state index >= 15 is 0 Å². The molecule has 3 aromatic rings. The molecule has 0 saturated heterocycles. The Morgan fingerprint density at radius 3 is 2.85 bits per heavy atom. The van der Waals surface area contributed by atoms with Crippen molar-refractivity contribution in [3.63, 3.8) is 0 Å². The zero-order valence-corrected chi connectivity index (χ0v) is 18.4. The zero-order chi connectivity index (χ0) is 17.6. The number of benzene rings is 1. The third kappa shape index (κ3) is 5.20. The van der Waals surface area contributed by atoms with Gasteiger partial charge in [0.05, 0.1) is 11.0 Å². The Hall–Kier alpha value is -1.61. The van der Waals surface area contributed by atoms with Crippen LogP contribution in [-0.4, -0.2) is 24.5 Å². The first-order valence-electron chi connectivity index (χ1n) is 8.58. The summed E-state index contributed by atoms with van der Waals surface area (Å²) >= 11 is 1.78. The number of halogens is 1. The summed E-state index contributed by atoms with van der Waals surface area (Å²) in [5.41, 5.74) is 0.907. The summed E-state index contributed by atoms with van der Waals surface area (Å²) in [6, 6.07) is 10.1. The molecule has 0 fully saturated rings. The van der Waals surface area contributed by atoms with Gasteiger partial charge in [-0.05, 0) is 25.5 Å². The number of nitrogens with one attached hydrogen (secondary N) is 2. The number of hydrogen-bond donors (Lipinski definition) is 2. The number of rotatable bonds is 6. The van der Waals surface area contributed by atoms with E-state index in [2.05, 4.69) is 46.6 Å². The highest BCUT2D eigenvalue weighted by Gasteiger charge is 2.13. The SMILES string of the molecule is CCc1cnc(CCNC(=NC)NC(C)c2cc3ccccc3o2)s1.I. The summed E-state index contributed by atoms with van der Waals surface area (Å²) in [6.45, 7) is 5.02. The van der Waals surface area contributed by atoms with Crippen LogP contribution >= 0.6 is 35.3 Å². The van der Waals surface area contributed by atoms with E-state index in [1.54, 1.807) is 18.4 Å². The van der Waals surface area contributed by atoms with Crippen LogP contribution in [0.1, 0.15) is 35.5 Å². The summed E-state index contributed by atoms with van der Waals surface area (Å²) < 4.78 is 5.91. The molecule has 0 bridgehead atoms. The molecule has 2 aromatic heterocycles. The van der Waals surface area contributed by atoms with Crippen molar-refractivity contribution in [3.8, 4) is 0 Å². The monoisotopic (exact) mass is 484 g/mol. The molecule has 7 heteroatoms. The number of hydrogen-bond acceptors (Lipinski definition) is 4. The van der Waals surface area contributed by atoms with Crippen molar-refractivity contribution >= 4 is 52.2 Å². The Bertz CT molecular complexity index is 825. The van der Waals surface area contributed by atoms with E-state index in [0.717, 1.165) is 47.1 Å². The lowest BCUT2D eigenvalue weighted by atomic mass is 10.2. The van der Waals surface area contributed by atoms with E-state index in [1.807, 2.05) is 24.4 Å². The molecule has 2 N–H and O–H groups in total. The number of aryl methyl sites for hydroxylation is 1. The van der Waals surface area contributed by atoms with Crippen molar-refractivity contribution in [1.82, 2.24) is 15.6 Å². The Morgan fingerprint density at radius 2 is 2.15 bits per heavy atom. The van der Waals surface area contributed by atoms with Gasteiger partial charge in [0.2, 0.25) is 0 Å². The van der Waals surface area contributed by atoms with E-state index in [4.69, 9.17) is 4.42 Å². The van der Waals surface area contributed by atoms with Crippen LogP contribution in [0.5, 0.6) is 0 Å². The fourth-order valence-corrected chi connectivity index (χ4v) is 3.46. The fourth-order valence-electron chi connectivity index (χ4n) is 2.60. The highest BCUT2D eigenvalue weighted by Crippen LogP contribution is 2.23. The number of aromatic nitrogens is 1. The lowest BCUT2D eigenvalue weighted by Crippen LogP contribution is -2.39. The second-order valence-corrected chi connectivity index (χ2v) is 7.08. The van der Waals surface area contributed by atoms with Gasteiger partial charge in [0.1, 0.15) is 11.3 Å². The van der Waals surface area contributed by atoms with E-state index in [0.29, 0.717) is 0 Å². The molecule has 26 heavy (non-hydrogen) atoms. The average Bonchev–Trinajstić information content (AvgIpc) is 3.27. The van der Waals surface area contributed by atoms with Crippen molar-refractivity contribution in [2.24, 2.45) is 4.99 Å². The minimum absolute atomic E-state index is 0. The molecule has 1 unspecified atom stereocenters. The second-order valence-electron chi connectivity index (χ2n) is 5.88. The molecule has 140 valence electrons. The maximum Gasteiger partial charge on any atom is 0.191 e. The molecular weight excluding hydrogens is 459 g/mol.